The average molecular weight is 352 g/mol. The van der Waals surface area contributed by atoms with Gasteiger partial charge in [-0.3, -0.25) is 0 Å². The average Bonchev–Trinajstić information content (AvgIpc) is 3.13. The lowest BCUT2D eigenvalue weighted by Crippen LogP contribution is -2.22. The van der Waals surface area contributed by atoms with E-state index in [1.807, 2.05) is 65.3 Å². The highest BCUT2D eigenvalue weighted by molar-refractivity contribution is 5.64. The Balaban J connectivity index is 2.08. The van der Waals surface area contributed by atoms with Gasteiger partial charge < -0.3 is 14.9 Å². The van der Waals surface area contributed by atoms with Crippen molar-refractivity contribution in [1.82, 2.24) is 9.78 Å². The van der Waals surface area contributed by atoms with E-state index < -0.39 is 5.60 Å². The molecule has 2 N–H and O–H groups in total. The molecule has 0 bridgehead atoms. The number of hydrogen-bond acceptors (Lipinski definition) is 4. The van der Waals surface area contributed by atoms with Crippen LogP contribution in [0, 0.1) is 0 Å². The SMILES string of the molecule is COc1ccc(-c2cc(C(C)(O)CCCO)nn2-c2ccccc2)cc1. The van der Waals surface area contributed by atoms with E-state index in [9.17, 15) is 5.11 Å². The van der Waals surface area contributed by atoms with Crippen LogP contribution in [-0.4, -0.2) is 33.7 Å². The monoisotopic (exact) mass is 352 g/mol. The molecule has 5 nitrogen and oxygen atoms in total. The van der Waals surface area contributed by atoms with Gasteiger partial charge in [0.1, 0.15) is 11.4 Å². The molecule has 0 saturated heterocycles. The third-order valence-corrected chi connectivity index (χ3v) is 4.47. The van der Waals surface area contributed by atoms with Gasteiger partial charge in [-0.05, 0) is 62.2 Å². The van der Waals surface area contributed by atoms with E-state index in [4.69, 9.17) is 9.84 Å². The van der Waals surface area contributed by atoms with Crippen LogP contribution >= 0.6 is 0 Å². The predicted octanol–water partition coefficient (Wildman–Crippen LogP) is 3.53. The van der Waals surface area contributed by atoms with Crippen LogP contribution in [0.5, 0.6) is 5.75 Å². The Kier molecular flexibility index (Phi) is 5.40. The molecule has 1 unspecified atom stereocenters. The molecular formula is C21H24N2O3. The number of rotatable bonds is 7. The van der Waals surface area contributed by atoms with Gasteiger partial charge in [0.25, 0.3) is 0 Å². The Morgan fingerprint density at radius 1 is 1.08 bits per heavy atom. The predicted molar refractivity (Wildman–Crippen MR) is 101 cm³/mol. The number of benzene rings is 2. The van der Waals surface area contributed by atoms with Crippen molar-refractivity contribution >= 4 is 0 Å². The first-order valence-electron chi connectivity index (χ1n) is 8.69. The minimum Gasteiger partial charge on any atom is -0.497 e. The number of nitrogens with zero attached hydrogens (tertiary/aromatic N) is 2. The fraction of sp³-hybridized carbons (Fsp3) is 0.286. The van der Waals surface area contributed by atoms with Crippen LogP contribution in [0.2, 0.25) is 0 Å². The minimum absolute atomic E-state index is 0.0425. The Morgan fingerprint density at radius 3 is 2.38 bits per heavy atom. The van der Waals surface area contributed by atoms with Crippen molar-refractivity contribution in [3.8, 4) is 22.7 Å². The lowest BCUT2D eigenvalue weighted by molar-refractivity contribution is 0.0357. The zero-order valence-corrected chi connectivity index (χ0v) is 15.1. The maximum absolute atomic E-state index is 10.8. The molecule has 3 aromatic rings. The van der Waals surface area contributed by atoms with Crippen molar-refractivity contribution < 1.29 is 14.9 Å². The van der Waals surface area contributed by atoms with Crippen LogP contribution in [0.4, 0.5) is 0 Å². The van der Waals surface area contributed by atoms with Gasteiger partial charge in [-0.2, -0.15) is 5.10 Å². The van der Waals surface area contributed by atoms with Gasteiger partial charge in [-0.25, -0.2) is 4.68 Å². The molecule has 26 heavy (non-hydrogen) atoms. The molecule has 0 radical (unpaired) electrons. The number of methoxy groups -OCH3 is 1. The second-order valence-electron chi connectivity index (χ2n) is 6.49. The van der Waals surface area contributed by atoms with E-state index in [0.717, 1.165) is 22.7 Å². The van der Waals surface area contributed by atoms with Crippen LogP contribution in [-0.2, 0) is 5.60 Å². The van der Waals surface area contributed by atoms with Crippen LogP contribution < -0.4 is 4.74 Å². The lowest BCUT2D eigenvalue weighted by Gasteiger charge is -2.20. The molecule has 0 aliphatic rings. The van der Waals surface area contributed by atoms with Crippen LogP contribution in [0.3, 0.4) is 0 Å². The molecule has 0 aliphatic carbocycles. The van der Waals surface area contributed by atoms with Crippen molar-refractivity contribution in [1.29, 1.82) is 0 Å². The van der Waals surface area contributed by atoms with Gasteiger partial charge in [-0.15, -0.1) is 0 Å². The zero-order chi connectivity index (χ0) is 18.6. The summed E-state index contributed by atoms with van der Waals surface area (Å²) in [5, 5.41) is 24.6. The molecule has 0 fully saturated rings. The van der Waals surface area contributed by atoms with Crippen LogP contribution in [0.25, 0.3) is 16.9 Å². The van der Waals surface area contributed by atoms with Gasteiger partial charge in [0.15, 0.2) is 0 Å². The summed E-state index contributed by atoms with van der Waals surface area (Å²) >= 11 is 0. The summed E-state index contributed by atoms with van der Waals surface area (Å²) in [5.74, 6) is 0.787. The van der Waals surface area contributed by atoms with Gasteiger partial charge >= 0.3 is 0 Å². The van der Waals surface area contributed by atoms with E-state index in [0.29, 0.717) is 18.5 Å². The standard InChI is InChI=1S/C21H24N2O3/c1-21(25,13-6-14-24)20-15-19(16-9-11-18(26-2)12-10-16)23(22-20)17-7-4-3-5-8-17/h3-5,7-12,15,24-25H,6,13-14H2,1-2H3. The summed E-state index contributed by atoms with van der Waals surface area (Å²) in [6.07, 6.45) is 0.959. The number of aromatic nitrogens is 2. The number of aliphatic hydroxyl groups excluding tert-OH is 1. The topological polar surface area (TPSA) is 67.5 Å². The summed E-state index contributed by atoms with van der Waals surface area (Å²) in [6.45, 7) is 1.78. The minimum atomic E-state index is -1.11. The molecule has 136 valence electrons. The molecule has 0 aliphatic heterocycles. The molecule has 0 amide bonds. The van der Waals surface area contributed by atoms with Crippen LogP contribution in [0.15, 0.2) is 60.7 Å². The number of aliphatic hydroxyl groups is 2. The first kappa shape index (κ1) is 18.2. The fourth-order valence-corrected chi connectivity index (χ4v) is 2.93. The third kappa shape index (κ3) is 3.79. The number of hydrogen-bond donors (Lipinski definition) is 2. The normalized spacial score (nSPS) is 13.4. The fourth-order valence-electron chi connectivity index (χ4n) is 2.93. The van der Waals surface area contributed by atoms with E-state index in [-0.39, 0.29) is 6.61 Å². The Morgan fingerprint density at radius 2 is 1.77 bits per heavy atom. The first-order chi connectivity index (χ1) is 12.5. The van der Waals surface area contributed by atoms with Crippen molar-refractivity contribution in [2.24, 2.45) is 0 Å². The summed E-state index contributed by atoms with van der Waals surface area (Å²) in [5.41, 5.74) is 2.26. The van der Waals surface area contributed by atoms with Crippen molar-refractivity contribution in [2.75, 3.05) is 13.7 Å². The molecule has 0 saturated carbocycles. The zero-order valence-electron chi connectivity index (χ0n) is 15.1. The summed E-state index contributed by atoms with van der Waals surface area (Å²) in [7, 11) is 1.64. The molecule has 1 heterocycles. The Bertz CT molecular complexity index is 839. The van der Waals surface area contributed by atoms with E-state index in [1.165, 1.54) is 0 Å². The van der Waals surface area contributed by atoms with Gasteiger partial charge in [0.05, 0.1) is 24.2 Å². The quantitative estimate of drug-likeness (QED) is 0.683. The molecule has 0 spiro atoms. The maximum Gasteiger partial charge on any atom is 0.118 e. The van der Waals surface area contributed by atoms with Gasteiger partial charge in [-0.1, -0.05) is 18.2 Å². The molecule has 3 rings (SSSR count). The van der Waals surface area contributed by atoms with Crippen LogP contribution in [0.1, 0.15) is 25.5 Å². The van der Waals surface area contributed by atoms with Crippen molar-refractivity contribution in [3.05, 3.63) is 66.4 Å². The van der Waals surface area contributed by atoms with E-state index >= 15 is 0 Å². The second kappa shape index (κ2) is 7.72. The molecule has 1 atom stereocenters. The third-order valence-electron chi connectivity index (χ3n) is 4.47. The van der Waals surface area contributed by atoms with Gasteiger partial charge in [0, 0.05) is 12.2 Å². The second-order valence-corrected chi connectivity index (χ2v) is 6.49. The highest BCUT2D eigenvalue weighted by atomic mass is 16.5. The molecular weight excluding hydrogens is 328 g/mol. The van der Waals surface area contributed by atoms with E-state index in [2.05, 4.69) is 5.10 Å². The smallest absolute Gasteiger partial charge is 0.118 e. The van der Waals surface area contributed by atoms with Crippen molar-refractivity contribution in [3.63, 3.8) is 0 Å². The highest BCUT2D eigenvalue weighted by Gasteiger charge is 2.27. The Hall–Kier alpha value is -2.63. The summed E-state index contributed by atoms with van der Waals surface area (Å²) < 4.78 is 7.08. The number of para-hydroxylation sites is 1. The van der Waals surface area contributed by atoms with Crippen molar-refractivity contribution in [2.45, 2.75) is 25.4 Å². The molecule has 2 aromatic carbocycles. The highest BCUT2D eigenvalue weighted by Crippen LogP contribution is 2.31. The first-order valence-corrected chi connectivity index (χ1v) is 8.69. The summed E-state index contributed by atoms with van der Waals surface area (Å²) in [4.78, 5) is 0. The maximum atomic E-state index is 10.8. The molecule has 1 aromatic heterocycles. The summed E-state index contributed by atoms with van der Waals surface area (Å²) in [6, 6.07) is 19.5. The van der Waals surface area contributed by atoms with Gasteiger partial charge in [0.2, 0.25) is 0 Å². The number of ether oxygens (including phenoxy) is 1. The van der Waals surface area contributed by atoms with E-state index in [1.54, 1.807) is 14.0 Å². The molecule has 5 heteroatoms. The Labute approximate surface area is 153 Å². The lowest BCUT2D eigenvalue weighted by atomic mass is 9.96. The largest absolute Gasteiger partial charge is 0.497 e.